The minimum atomic E-state index is 0.414. The van der Waals surface area contributed by atoms with E-state index in [4.69, 9.17) is 4.74 Å². The lowest BCUT2D eigenvalue weighted by Gasteiger charge is -2.24. The van der Waals surface area contributed by atoms with E-state index in [-0.39, 0.29) is 0 Å². The van der Waals surface area contributed by atoms with Gasteiger partial charge in [-0.25, -0.2) is 4.98 Å². The van der Waals surface area contributed by atoms with Crippen molar-refractivity contribution >= 4 is 11.3 Å². The van der Waals surface area contributed by atoms with Gasteiger partial charge in [0.05, 0.1) is 11.2 Å². The first-order valence-corrected chi connectivity index (χ1v) is 7.21. The summed E-state index contributed by atoms with van der Waals surface area (Å²) in [6.45, 7) is 8.45. The molecule has 98 valence electrons. The van der Waals surface area contributed by atoms with E-state index in [0.717, 1.165) is 31.7 Å². The van der Waals surface area contributed by atoms with Crippen LogP contribution >= 0.6 is 11.3 Å². The Labute approximate surface area is 109 Å². The van der Waals surface area contributed by atoms with Gasteiger partial charge in [-0.3, -0.25) is 0 Å². The van der Waals surface area contributed by atoms with Crippen molar-refractivity contribution in [2.45, 2.75) is 39.7 Å². The molecule has 0 fully saturated rings. The average molecular weight is 256 g/mol. The minimum absolute atomic E-state index is 0.414. The van der Waals surface area contributed by atoms with Crippen molar-refractivity contribution in [3.8, 4) is 0 Å². The first kappa shape index (κ1) is 14.6. The molecule has 1 aromatic heterocycles. The predicted molar refractivity (Wildman–Crippen MR) is 73.5 cm³/mol. The Morgan fingerprint density at radius 1 is 1.53 bits per heavy atom. The van der Waals surface area contributed by atoms with Crippen molar-refractivity contribution in [1.82, 2.24) is 10.3 Å². The molecule has 3 nitrogen and oxygen atoms in total. The van der Waals surface area contributed by atoms with Crippen LogP contribution in [0.4, 0.5) is 0 Å². The van der Waals surface area contributed by atoms with E-state index in [0.29, 0.717) is 12.0 Å². The van der Waals surface area contributed by atoms with Crippen LogP contribution in [-0.2, 0) is 4.74 Å². The van der Waals surface area contributed by atoms with Gasteiger partial charge in [-0.1, -0.05) is 13.8 Å². The van der Waals surface area contributed by atoms with Crippen LogP contribution in [0.5, 0.6) is 0 Å². The number of aromatic nitrogens is 1. The summed E-state index contributed by atoms with van der Waals surface area (Å²) in [6.07, 6.45) is 2.24. The highest BCUT2D eigenvalue weighted by molar-refractivity contribution is 7.09. The van der Waals surface area contributed by atoms with Crippen LogP contribution < -0.4 is 5.32 Å². The van der Waals surface area contributed by atoms with E-state index in [1.54, 1.807) is 18.4 Å². The molecule has 0 saturated heterocycles. The lowest BCUT2D eigenvalue weighted by molar-refractivity contribution is 0.170. The summed E-state index contributed by atoms with van der Waals surface area (Å²) in [5.41, 5.74) is 3.10. The predicted octanol–water partition coefficient (Wildman–Crippen LogP) is 3.16. The molecule has 0 aliphatic carbocycles. The lowest BCUT2D eigenvalue weighted by Crippen LogP contribution is -2.28. The second-order valence-electron chi connectivity index (χ2n) is 4.49. The Hall–Kier alpha value is -0.450. The number of thiazole rings is 1. The molecule has 1 N–H and O–H groups in total. The van der Waals surface area contributed by atoms with Gasteiger partial charge in [-0.15, -0.1) is 11.3 Å². The topological polar surface area (TPSA) is 34.2 Å². The van der Waals surface area contributed by atoms with Crippen molar-refractivity contribution in [3.05, 3.63) is 16.1 Å². The maximum absolute atomic E-state index is 5.17. The van der Waals surface area contributed by atoms with E-state index >= 15 is 0 Å². The van der Waals surface area contributed by atoms with Gasteiger partial charge in [0.15, 0.2) is 0 Å². The van der Waals surface area contributed by atoms with Crippen molar-refractivity contribution in [2.75, 3.05) is 20.3 Å². The molecule has 2 atom stereocenters. The Morgan fingerprint density at radius 3 is 2.82 bits per heavy atom. The quantitative estimate of drug-likeness (QED) is 0.776. The largest absolute Gasteiger partial charge is 0.385 e. The second kappa shape index (κ2) is 7.80. The number of hydrogen-bond donors (Lipinski definition) is 1. The number of hydrogen-bond acceptors (Lipinski definition) is 4. The van der Waals surface area contributed by atoms with Crippen LogP contribution in [0.15, 0.2) is 5.51 Å². The molecule has 0 spiro atoms. The van der Waals surface area contributed by atoms with Gasteiger partial charge in [0.2, 0.25) is 0 Å². The van der Waals surface area contributed by atoms with Crippen LogP contribution in [0.3, 0.4) is 0 Å². The van der Waals surface area contributed by atoms with Gasteiger partial charge in [-0.2, -0.15) is 0 Å². The number of nitrogens with zero attached hydrogens (tertiary/aromatic N) is 1. The average Bonchev–Trinajstić information content (AvgIpc) is 2.73. The Bertz CT molecular complexity index is 314. The maximum Gasteiger partial charge on any atom is 0.0798 e. The van der Waals surface area contributed by atoms with E-state index < -0.39 is 0 Å². The van der Waals surface area contributed by atoms with Crippen molar-refractivity contribution < 1.29 is 4.74 Å². The normalized spacial score (nSPS) is 14.8. The van der Waals surface area contributed by atoms with Gasteiger partial charge < -0.3 is 10.1 Å². The first-order valence-electron chi connectivity index (χ1n) is 6.33. The summed E-state index contributed by atoms with van der Waals surface area (Å²) in [5.74, 6) is 0.570. The third kappa shape index (κ3) is 4.37. The fraction of sp³-hybridized carbons (Fsp3) is 0.769. The lowest BCUT2D eigenvalue weighted by atomic mass is 9.96. The molecule has 1 rings (SSSR count). The highest BCUT2D eigenvalue weighted by Gasteiger charge is 2.21. The summed E-state index contributed by atoms with van der Waals surface area (Å²) < 4.78 is 5.17. The van der Waals surface area contributed by atoms with Crippen LogP contribution in [0.1, 0.15) is 43.3 Å². The smallest absolute Gasteiger partial charge is 0.0798 e. The molecule has 1 heterocycles. The van der Waals surface area contributed by atoms with E-state index in [2.05, 4.69) is 31.1 Å². The third-order valence-corrected chi connectivity index (χ3v) is 4.04. The summed E-state index contributed by atoms with van der Waals surface area (Å²) >= 11 is 1.76. The van der Waals surface area contributed by atoms with Crippen LogP contribution in [0.25, 0.3) is 0 Å². The fourth-order valence-electron chi connectivity index (χ4n) is 1.93. The Balaban J connectivity index is 2.69. The van der Waals surface area contributed by atoms with Gasteiger partial charge >= 0.3 is 0 Å². The molecule has 0 amide bonds. The maximum atomic E-state index is 5.17. The molecule has 0 aliphatic heterocycles. The zero-order valence-electron chi connectivity index (χ0n) is 11.3. The zero-order valence-corrected chi connectivity index (χ0v) is 12.1. The monoisotopic (exact) mass is 256 g/mol. The molecule has 17 heavy (non-hydrogen) atoms. The SMILES string of the molecule is CCCNC(c1scnc1C)C(C)CCOC. The zero-order chi connectivity index (χ0) is 12.7. The summed E-state index contributed by atoms with van der Waals surface area (Å²) in [6, 6.07) is 0.414. The van der Waals surface area contributed by atoms with Gasteiger partial charge in [0.25, 0.3) is 0 Å². The molecule has 2 unspecified atom stereocenters. The molecule has 1 aromatic rings. The number of aryl methyl sites for hydroxylation is 1. The van der Waals surface area contributed by atoms with Crippen molar-refractivity contribution in [2.24, 2.45) is 5.92 Å². The van der Waals surface area contributed by atoms with Gasteiger partial charge in [0.1, 0.15) is 0 Å². The van der Waals surface area contributed by atoms with Crippen molar-refractivity contribution in [3.63, 3.8) is 0 Å². The first-order chi connectivity index (χ1) is 8.20. The number of methoxy groups -OCH3 is 1. The second-order valence-corrected chi connectivity index (χ2v) is 5.38. The Kier molecular flexibility index (Phi) is 6.70. The molecular formula is C13H24N2OS. The standard InChI is InChI=1S/C13H24N2OS/c1-5-7-14-12(10(2)6-8-16-4)13-11(3)15-9-17-13/h9-10,12,14H,5-8H2,1-4H3. The van der Waals surface area contributed by atoms with Gasteiger partial charge in [-0.05, 0) is 32.2 Å². The van der Waals surface area contributed by atoms with E-state index in [1.807, 2.05) is 5.51 Å². The third-order valence-electron chi connectivity index (χ3n) is 3.03. The molecule has 0 aliphatic rings. The van der Waals surface area contributed by atoms with Crippen LogP contribution in [0.2, 0.25) is 0 Å². The number of nitrogens with one attached hydrogen (secondary N) is 1. The van der Waals surface area contributed by atoms with Crippen LogP contribution in [-0.4, -0.2) is 25.2 Å². The molecule has 0 aromatic carbocycles. The highest BCUT2D eigenvalue weighted by Crippen LogP contribution is 2.29. The fourth-order valence-corrected chi connectivity index (χ4v) is 2.94. The highest BCUT2D eigenvalue weighted by atomic mass is 32.1. The molecular weight excluding hydrogens is 232 g/mol. The molecule has 0 bridgehead atoms. The Morgan fingerprint density at radius 2 is 2.29 bits per heavy atom. The summed E-state index contributed by atoms with van der Waals surface area (Å²) in [4.78, 5) is 5.73. The molecule has 0 saturated carbocycles. The van der Waals surface area contributed by atoms with Gasteiger partial charge in [0, 0.05) is 24.6 Å². The summed E-state index contributed by atoms with van der Waals surface area (Å²) in [7, 11) is 1.76. The molecule has 0 radical (unpaired) electrons. The summed E-state index contributed by atoms with van der Waals surface area (Å²) in [5, 5.41) is 3.64. The van der Waals surface area contributed by atoms with Crippen LogP contribution in [0, 0.1) is 12.8 Å². The van der Waals surface area contributed by atoms with E-state index in [9.17, 15) is 0 Å². The van der Waals surface area contributed by atoms with E-state index in [1.165, 1.54) is 4.88 Å². The minimum Gasteiger partial charge on any atom is -0.385 e. The molecule has 4 heteroatoms. The number of ether oxygens (including phenoxy) is 1. The van der Waals surface area contributed by atoms with Crippen molar-refractivity contribution in [1.29, 1.82) is 0 Å². The number of rotatable bonds is 8.